The van der Waals surface area contributed by atoms with Crippen LogP contribution in [0, 0.1) is 5.92 Å². The number of benzene rings is 1. The second-order valence-corrected chi connectivity index (χ2v) is 4.69. The predicted octanol–water partition coefficient (Wildman–Crippen LogP) is 0.742. The van der Waals surface area contributed by atoms with Crippen LogP contribution in [0.5, 0.6) is 5.75 Å². The first-order chi connectivity index (χ1) is 8.29. The Morgan fingerprint density at radius 1 is 1.29 bits per heavy atom. The molecule has 2 atom stereocenters. The summed E-state index contributed by atoms with van der Waals surface area (Å²) in [5.74, 6) is 1.71. The van der Waals surface area contributed by atoms with Crippen LogP contribution >= 0.6 is 0 Å². The number of carbonyl (C=O) groups is 1. The molecule has 90 valence electrons. The van der Waals surface area contributed by atoms with Crippen LogP contribution in [-0.4, -0.2) is 32.7 Å². The molecule has 0 radical (unpaired) electrons. The number of carbonyl (C=O) groups excluding carboxylic acids is 1. The van der Waals surface area contributed by atoms with Gasteiger partial charge in [0.25, 0.3) is 5.91 Å². The highest BCUT2D eigenvalue weighted by molar-refractivity contribution is 5.96. The molecule has 2 aliphatic heterocycles. The first kappa shape index (κ1) is 10.6. The Hall–Kier alpha value is -1.55. The molecule has 0 aliphatic carbocycles. The molecule has 1 aromatic carbocycles. The Labute approximate surface area is 100 Å². The van der Waals surface area contributed by atoms with Gasteiger partial charge in [-0.1, -0.05) is 6.07 Å². The van der Waals surface area contributed by atoms with E-state index in [2.05, 4.69) is 10.6 Å². The zero-order valence-corrected chi connectivity index (χ0v) is 9.82. The SMILES string of the molecule is COc1ccc2c(c1)C(=O)NC[C@H]1CNC[C@@H]21. The number of ether oxygens (including phenoxy) is 1. The van der Waals surface area contributed by atoms with Gasteiger partial charge in [0.15, 0.2) is 0 Å². The Bertz CT molecular complexity index is 459. The fraction of sp³-hybridized carbons (Fsp3) is 0.462. The number of hydrogen-bond acceptors (Lipinski definition) is 3. The summed E-state index contributed by atoms with van der Waals surface area (Å²) in [5, 5.41) is 6.38. The van der Waals surface area contributed by atoms with E-state index in [9.17, 15) is 4.79 Å². The lowest BCUT2D eigenvalue weighted by Gasteiger charge is -2.16. The predicted molar refractivity (Wildman–Crippen MR) is 64.4 cm³/mol. The molecule has 3 rings (SSSR count). The fourth-order valence-electron chi connectivity index (χ4n) is 2.81. The minimum Gasteiger partial charge on any atom is -0.497 e. The molecule has 2 N–H and O–H groups in total. The minimum atomic E-state index is 0.0216. The highest BCUT2D eigenvalue weighted by Gasteiger charge is 2.34. The molecule has 0 bridgehead atoms. The third-order valence-corrected chi connectivity index (χ3v) is 3.77. The second-order valence-electron chi connectivity index (χ2n) is 4.69. The van der Waals surface area contributed by atoms with E-state index in [1.54, 1.807) is 7.11 Å². The van der Waals surface area contributed by atoms with Gasteiger partial charge in [0.05, 0.1) is 7.11 Å². The number of amides is 1. The molecule has 0 unspecified atom stereocenters. The van der Waals surface area contributed by atoms with Gasteiger partial charge >= 0.3 is 0 Å². The standard InChI is InChI=1S/C13H16N2O2/c1-17-9-2-3-10-11(4-9)13(16)15-6-8-5-14-7-12(8)10/h2-4,8,12,14H,5-7H2,1H3,(H,15,16)/t8-,12-/m1/s1. The van der Waals surface area contributed by atoms with Crippen LogP contribution in [0.25, 0.3) is 0 Å². The second kappa shape index (κ2) is 4.04. The van der Waals surface area contributed by atoms with E-state index in [0.717, 1.165) is 36.5 Å². The number of methoxy groups -OCH3 is 1. The highest BCUT2D eigenvalue weighted by atomic mass is 16.5. The van der Waals surface area contributed by atoms with E-state index in [4.69, 9.17) is 4.74 Å². The van der Waals surface area contributed by atoms with Crippen molar-refractivity contribution in [3.8, 4) is 5.75 Å². The first-order valence-electron chi connectivity index (χ1n) is 5.96. The molecule has 17 heavy (non-hydrogen) atoms. The van der Waals surface area contributed by atoms with Gasteiger partial charge in [-0.15, -0.1) is 0 Å². The molecule has 2 heterocycles. The number of rotatable bonds is 1. The number of hydrogen-bond donors (Lipinski definition) is 2. The van der Waals surface area contributed by atoms with Crippen LogP contribution in [0.3, 0.4) is 0 Å². The maximum Gasteiger partial charge on any atom is 0.251 e. The van der Waals surface area contributed by atoms with Gasteiger partial charge in [0.1, 0.15) is 5.75 Å². The molecule has 1 aromatic rings. The largest absolute Gasteiger partial charge is 0.497 e. The van der Waals surface area contributed by atoms with Gasteiger partial charge in [-0.05, 0) is 23.6 Å². The van der Waals surface area contributed by atoms with Crippen molar-refractivity contribution in [3.63, 3.8) is 0 Å². The first-order valence-corrected chi connectivity index (χ1v) is 5.96. The molecule has 4 heteroatoms. The quantitative estimate of drug-likeness (QED) is 0.751. The van der Waals surface area contributed by atoms with Crippen LogP contribution in [0.4, 0.5) is 0 Å². The maximum absolute atomic E-state index is 12.0. The van der Waals surface area contributed by atoms with E-state index in [0.29, 0.717) is 11.8 Å². The smallest absolute Gasteiger partial charge is 0.251 e. The van der Waals surface area contributed by atoms with Crippen molar-refractivity contribution in [2.75, 3.05) is 26.7 Å². The Morgan fingerprint density at radius 2 is 2.18 bits per heavy atom. The van der Waals surface area contributed by atoms with Crippen molar-refractivity contribution >= 4 is 5.91 Å². The molecule has 0 spiro atoms. The van der Waals surface area contributed by atoms with Crippen LogP contribution in [0.1, 0.15) is 21.8 Å². The van der Waals surface area contributed by atoms with Crippen molar-refractivity contribution in [2.24, 2.45) is 5.92 Å². The van der Waals surface area contributed by atoms with Gasteiger partial charge < -0.3 is 15.4 Å². The lowest BCUT2D eigenvalue weighted by atomic mass is 9.87. The lowest BCUT2D eigenvalue weighted by molar-refractivity contribution is 0.0952. The molecule has 1 fully saturated rings. The molecular formula is C13H16N2O2. The Balaban J connectivity index is 2.09. The van der Waals surface area contributed by atoms with Gasteiger partial charge in [-0.25, -0.2) is 0 Å². The molecular weight excluding hydrogens is 216 g/mol. The number of nitrogens with one attached hydrogen (secondary N) is 2. The number of fused-ring (bicyclic) bond motifs is 3. The molecule has 0 saturated carbocycles. The monoisotopic (exact) mass is 232 g/mol. The zero-order chi connectivity index (χ0) is 11.8. The summed E-state index contributed by atoms with van der Waals surface area (Å²) in [7, 11) is 1.62. The molecule has 1 amide bonds. The highest BCUT2D eigenvalue weighted by Crippen LogP contribution is 2.33. The Kier molecular flexibility index (Phi) is 2.52. The molecule has 4 nitrogen and oxygen atoms in total. The van der Waals surface area contributed by atoms with Gasteiger partial charge in [-0.3, -0.25) is 4.79 Å². The molecule has 0 aromatic heterocycles. The van der Waals surface area contributed by atoms with E-state index in [1.807, 2.05) is 18.2 Å². The van der Waals surface area contributed by atoms with Gasteiger partial charge in [-0.2, -0.15) is 0 Å². The summed E-state index contributed by atoms with van der Waals surface area (Å²) < 4.78 is 5.19. The van der Waals surface area contributed by atoms with E-state index < -0.39 is 0 Å². The van der Waals surface area contributed by atoms with Crippen LogP contribution in [0.2, 0.25) is 0 Å². The average Bonchev–Trinajstić information content (AvgIpc) is 2.78. The van der Waals surface area contributed by atoms with Gasteiger partial charge in [0, 0.05) is 31.1 Å². The summed E-state index contributed by atoms with van der Waals surface area (Å²) in [5.41, 5.74) is 1.91. The van der Waals surface area contributed by atoms with E-state index in [-0.39, 0.29) is 5.91 Å². The van der Waals surface area contributed by atoms with Crippen LogP contribution in [0.15, 0.2) is 18.2 Å². The van der Waals surface area contributed by atoms with Crippen molar-refractivity contribution < 1.29 is 9.53 Å². The normalized spacial score (nSPS) is 26.8. The Morgan fingerprint density at radius 3 is 3.00 bits per heavy atom. The summed E-state index contributed by atoms with van der Waals surface area (Å²) >= 11 is 0. The average molecular weight is 232 g/mol. The van der Waals surface area contributed by atoms with Crippen molar-refractivity contribution in [3.05, 3.63) is 29.3 Å². The molecule has 1 saturated heterocycles. The lowest BCUT2D eigenvalue weighted by Crippen LogP contribution is -2.28. The summed E-state index contributed by atoms with van der Waals surface area (Å²) in [6.45, 7) is 2.70. The third kappa shape index (κ3) is 1.69. The fourth-order valence-corrected chi connectivity index (χ4v) is 2.81. The van der Waals surface area contributed by atoms with Crippen molar-refractivity contribution in [1.29, 1.82) is 0 Å². The van der Waals surface area contributed by atoms with Crippen molar-refractivity contribution in [1.82, 2.24) is 10.6 Å². The van der Waals surface area contributed by atoms with E-state index >= 15 is 0 Å². The summed E-state index contributed by atoms with van der Waals surface area (Å²) in [6, 6.07) is 5.81. The van der Waals surface area contributed by atoms with Crippen LogP contribution < -0.4 is 15.4 Å². The minimum absolute atomic E-state index is 0.0216. The topological polar surface area (TPSA) is 50.4 Å². The van der Waals surface area contributed by atoms with Gasteiger partial charge in [0.2, 0.25) is 0 Å². The third-order valence-electron chi connectivity index (χ3n) is 3.77. The van der Waals surface area contributed by atoms with Crippen molar-refractivity contribution in [2.45, 2.75) is 5.92 Å². The summed E-state index contributed by atoms with van der Waals surface area (Å²) in [6.07, 6.45) is 0. The summed E-state index contributed by atoms with van der Waals surface area (Å²) in [4.78, 5) is 12.0. The zero-order valence-electron chi connectivity index (χ0n) is 9.82. The van der Waals surface area contributed by atoms with E-state index in [1.165, 1.54) is 0 Å². The van der Waals surface area contributed by atoms with Crippen LogP contribution in [-0.2, 0) is 0 Å². The molecule has 2 aliphatic rings. The maximum atomic E-state index is 12.0.